The fraction of sp³-hybridized carbons (Fsp3) is 0.364. The summed E-state index contributed by atoms with van der Waals surface area (Å²) in [6.45, 7) is 0. The predicted octanol–water partition coefficient (Wildman–Crippen LogP) is 3.41. The van der Waals surface area contributed by atoms with Crippen LogP contribution in [0.25, 0.3) is 0 Å². The van der Waals surface area contributed by atoms with E-state index in [2.05, 4.69) is 0 Å². The third-order valence-electron chi connectivity index (χ3n) is 2.00. The van der Waals surface area contributed by atoms with Crippen molar-refractivity contribution in [2.75, 3.05) is 0 Å². The zero-order chi connectivity index (χ0) is 12.0. The first-order chi connectivity index (χ1) is 7.58. The monoisotopic (exact) mass is 246 g/mol. The van der Waals surface area contributed by atoms with E-state index in [-0.39, 0.29) is 6.42 Å². The molecule has 88 valence electrons. The molecule has 1 rings (SSSR count). The lowest BCUT2D eigenvalue weighted by Gasteiger charge is -2.02. The number of hydrogen-bond acceptors (Lipinski definition) is 2. The van der Waals surface area contributed by atoms with Crippen LogP contribution in [0.15, 0.2) is 29.2 Å². The Morgan fingerprint density at radius 2 is 1.94 bits per heavy atom. The molecule has 0 fully saturated rings. The Labute approximate surface area is 96.7 Å². The van der Waals surface area contributed by atoms with Gasteiger partial charge in [-0.25, -0.2) is 0 Å². The molecule has 1 aromatic carbocycles. The van der Waals surface area contributed by atoms with Crippen LogP contribution in [0.2, 0.25) is 0 Å². The van der Waals surface area contributed by atoms with Crippen LogP contribution in [0.5, 0.6) is 0 Å². The molecule has 0 bridgehead atoms. The molecule has 0 amide bonds. The molecule has 0 unspecified atom stereocenters. The van der Waals surface area contributed by atoms with Crippen LogP contribution in [0.3, 0.4) is 0 Å². The zero-order valence-electron chi connectivity index (χ0n) is 8.53. The standard InChI is InChI=1S/C11H12F2O2S/c12-11(13)16-9-6-4-8(5-7-9)2-1-3-10(14)15/h4-7,11H,1-3H2,(H,14,15). The smallest absolute Gasteiger partial charge is 0.303 e. The van der Waals surface area contributed by atoms with Gasteiger partial charge in [-0.1, -0.05) is 23.9 Å². The first-order valence-corrected chi connectivity index (χ1v) is 5.71. The number of aryl methyl sites for hydroxylation is 1. The number of halogens is 2. The van der Waals surface area contributed by atoms with Crippen molar-refractivity contribution in [1.29, 1.82) is 0 Å². The zero-order valence-corrected chi connectivity index (χ0v) is 9.34. The maximum absolute atomic E-state index is 12.0. The second-order valence-corrected chi connectivity index (χ2v) is 4.33. The van der Waals surface area contributed by atoms with Gasteiger partial charge in [-0.05, 0) is 30.5 Å². The second-order valence-electron chi connectivity index (χ2n) is 3.27. The van der Waals surface area contributed by atoms with Crippen LogP contribution in [-0.4, -0.2) is 16.8 Å². The quantitative estimate of drug-likeness (QED) is 0.781. The molecular weight excluding hydrogens is 234 g/mol. The molecule has 0 heterocycles. The van der Waals surface area contributed by atoms with E-state index < -0.39 is 11.7 Å². The van der Waals surface area contributed by atoms with Crippen molar-refractivity contribution < 1.29 is 18.7 Å². The average Bonchev–Trinajstić information content (AvgIpc) is 2.19. The lowest BCUT2D eigenvalue weighted by atomic mass is 10.1. The molecule has 0 aliphatic carbocycles. The number of carboxylic acids is 1. The lowest BCUT2D eigenvalue weighted by Crippen LogP contribution is -1.95. The first kappa shape index (κ1) is 13.0. The van der Waals surface area contributed by atoms with Crippen LogP contribution in [0.4, 0.5) is 8.78 Å². The fourth-order valence-corrected chi connectivity index (χ4v) is 1.78. The highest BCUT2D eigenvalue weighted by Gasteiger charge is 2.04. The lowest BCUT2D eigenvalue weighted by molar-refractivity contribution is -0.137. The van der Waals surface area contributed by atoms with Crippen molar-refractivity contribution in [3.8, 4) is 0 Å². The van der Waals surface area contributed by atoms with Crippen LogP contribution in [0.1, 0.15) is 18.4 Å². The van der Waals surface area contributed by atoms with Crippen LogP contribution < -0.4 is 0 Å². The predicted molar refractivity (Wildman–Crippen MR) is 58.9 cm³/mol. The molecule has 0 spiro atoms. The number of carbonyl (C=O) groups is 1. The van der Waals surface area contributed by atoms with Gasteiger partial charge < -0.3 is 5.11 Å². The molecule has 1 aromatic rings. The first-order valence-electron chi connectivity index (χ1n) is 4.83. The van der Waals surface area contributed by atoms with Gasteiger partial charge in [0, 0.05) is 11.3 Å². The summed E-state index contributed by atoms with van der Waals surface area (Å²) in [5.41, 5.74) is 0.972. The highest BCUT2D eigenvalue weighted by Crippen LogP contribution is 2.25. The van der Waals surface area contributed by atoms with Gasteiger partial charge in [-0.15, -0.1) is 0 Å². The molecule has 0 aliphatic heterocycles. The molecule has 0 aliphatic rings. The number of benzene rings is 1. The summed E-state index contributed by atoms with van der Waals surface area (Å²) >= 11 is 0.508. The van der Waals surface area contributed by atoms with Gasteiger partial charge in [0.05, 0.1) is 0 Å². The minimum Gasteiger partial charge on any atom is -0.481 e. The molecular formula is C11H12F2O2S. The minimum absolute atomic E-state index is 0.132. The summed E-state index contributed by atoms with van der Waals surface area (Å²) < 4.78 is 24.0. The molecule has 0 aromatic heterocycles. The van der Waals surface area contributed by atoms with Crippen molar-refractivity contribution in [3.05, 3.63) is 29.8 Å². The van der Waals surface area contributed by atoms with E-state index in [1.165, 1.54) is 0 Å². The van der Waals surface area contributed by atoms with Crippen molar-refractivity contribution in [1.82, 2.24) is 0 Å². The summed E-state index contributed by atoms with van der Waals surface area (Å²) in [5, 5.41) is 8.45. The summed E-state index contributed by atoms with van der Waals surface area (Å²) in [4.78, 5) is 10.8. The van der Waals surface area contributed by atoms with Crippen molar-refractivity contribution in [2.45, 2.75) is 29.9 Å². The van der Waals surface area contributed by atoms with Crippen molar-refractivity contribution in [3.63, 3.8) is 0 Å². The van der Waals surface area contributed by atoms with Gasteiger partial charge in [0.15, 0.2) is 0 Å². The largest absolute Gasteiger partial charge is 0.481 e. The molecule has 5 heteroatoms. The normalized spacial score (nSPS) is 10.7. The van der Waals surface area contributed by atoms with E-state index in [0.29, 0.717) is 29.5 Å². The van der Waals surface area contributed by atoms with Gasteiger partial charge in [0.1, 0.15) is 0 Å². The Kier molecular flexibility index (Phi) is 5.25. The fourth-order valence-electron chi connectivity index (χ4n) is 1.28. The maximum Gasteiger partial charge on any atom is 0.303 e. The number of thioether (sulfide) groups is 1. The summed E-state index contributed by atoms with van der Waals surface area (Å²) in [5.74, 6) is -3.22. The molecule has 0 saturated carbocycles. The van der Waals surface area contributed by atoms with Gasteiger partial charge in [-0.3, -0.25) is 4.79 Å². The van der Waals surface area contributed by atoms with Gasteiger partial charge in [-0.2, -0.15) is 8.78 Å². The van der Waals surface area contributed by atoms with Gasteiger partial charge in [0.2, 0.25) is 0 Å². The Morgan fingerprint density at radius 1 is 1.31 bits per heavy atom. The Hall–Kier alpha value is -1.10. The average molecular weight is 246 g/mol. The topological polar surface area (TPSA) is 37.3 Å². The molecule has 1 N–H and O–H groups in total. The third-order valence-corrected chi connectivity index (χ3v) is 2.73. The number of carboxylic acid groups (broad SMARTS) is 1. The number of rotatable bonds is 6. The Balaban J connectivity index is 2.42. The van der Waals surface area contributed by atoms with E-state index in [9.17, 15) is 13.6 Å². The van der Waals surface area contributed by atoms with E-state index in [0.717, 1.165) is 5.56 Å². The SMILES string of the molecule is O=C(O)CCCc1ccc(SC(F)F)cc1. The van der Waals surface area contributed by atoms with Crippen molar-refractivity contribution in [2.24, 2.45) is 0 Å². The van der Waals surface area contributed by atoms with Crippen molar-refractivity contribution >= 4 is 17.7 Å². The summed E-state index contributed by atoms with van der Waals surface area (Å²) in [6.07, 6.45) is 1.36. The molecule has 2 nitrogen and oxygen atoms in total. The van der Waals surface area contributed by atoms with Crippen LogP contribution >= 0.6 is 11.8 Å². The van der Waals surface area contributed by atoms with Gasteiger partial charge >= 0.3 is 5.97 Å². The molecule has 0 saturated heterocycles. The van der Waals surface area contributed by atoms with E-state index in [4.69, 9.17) is 5.11 Å². The van der Waals surface area contributed by atoms with Gasteiger partial charge in [0.25, 0.3) is 5.76 Å². The van der Waals surface area contributed by atoms with Crippen LogP contribution in [0, 0.1) is 0 Å². The Morgan fingerprint density at radius 3 is 2.44 bits per heavy atom. The molecule has 0 atom stereocenters. The maximum atomic E-state index is 12.0. The Bertz CT molecular complexity index is 338. The highest BCUT2D eigenvalue weighted by molar-refractivity contribution is 7.99. The number of hydrogen-bond donors (Lipinski definition) is 1. The minimum atomic E-state index is -2.40. The summed E-state index contributed by atoms with van der Waals surface area (Å²) in [7, 11) is 0. The highest BCUT2D eigenvalue weighted by atomic mass is 32.2. The van der Waals surface area contributed by atoms with E-state index in [1.54, 1.807) is 24.3 Å². The van der Waals surface area contributed by atoms with E-state index >= 15 is 0 Å². The van der Waals surface area contributed by atoms with E-state index in [1.807, 2.05) is 0 Å². The molecule has 0 radical (unpaired) electrons. The molecule has 16 heavy (non-hydrogen) atoms. The third kappa shape index (κ3) is 5.11. The second kappa shape index (κ2) is 6.48. The summed E-state index contributed by atoms with van der Waals surface area (Å²) in [6, 6.07) is 6.78. The number of aliphatic carboxylic acids is 1. The van der Waals surface area contributed by atoms with Crippen LogP contribution in [-0.2, 0) is 11.2 Å². The number of alkyl halides is 2.